The van der Waals surface area contributed by atoms with Gasteiger partial charge >= 0.3 is 0 Å². The van der Waals surface area contributed by atoms with Crippen molar-refractivity contribution in [1.82, 2.24) is 0 Å². The Morgan fingerprint density at radius 2 is 2.18 bits per heavy atom. The average molecular weight is 155 g/mol. The van der Waals surface area contributed by atoms with E-state index in [0.29, 0.717) is 0 Å². The molecule has 1 aliphatic carbocycles. The second kappa shape index (κ2) is 3.03. The summed E-state index contributed by atoms with van der Waals surface area (Å²) in [6, 6.07) is -0.399. The molecule has 62 valence electrons. The molecule has 0 aliphatic heterocycles. The summed E-state index contributed by atoms with van der Waals surface area (Å²) in [6.07, 6.45) is 2.72. The lowest BCUT2D eigenvalue weighted by atomic mass is 9.90. The van der Waals surface area contributed by atoms with Gasteiger partial charge in [-0.05, 0) is 32.3 Å². The molecule has 1 unspecified atom stereocenters. The van der Waals surface area contributed by atoms with Crippen molar-refractivity contribution in [2.75, 3.05) is 0 Å². The normalized spacial score (nSPS) is 25.5. The van der Waals surface area contributed by atoms with Crippen molar-refractivity contribution in [3.63, 3.8) is 0 Å². The monoisotopic (exact) mass is 155 g/mol. The molecule has 1 aliphatic rings. The lowest BCUT2D eigenvalue weighted by Crippen LogP contribution is -2.24. The van der Waals surface area contributed by atoms with Gasteiger partial charge in [-0.3, -0.25) is 10.1 Å². The third-order valence-electron chi connectivity index (χ3n) is 2.46. The molecule has 0 aromatic heterocycles. The summed E-state index contributed by atoms with van der Waals surface area (Å²) in [7, 11) is 0. The van der Waals surface area contributed by atoms with Gasteiger partial charge < -0.3 is 0 Å². The first-order chi connectivity index (χ1) is 5.13. The number of allylic oxidation sites excluding steroid dienone is 1. The first-order valence-corrected chi connectivity index (χ1v) is 3.92. The predicted molar refractivity (Wildman–Crippen MR) is 43.0 cm³/mol. The van der Waals surface area contributed by atoms with E-state index in [9.17, 15) is 10.1 Å². The molecule has 0 N–H and O–H groups in total. The third-order valence-corrected chi connectivity index (χ3v) is 2.46. The van der Waals surface area contributed by atoms with Crippen LogP contribution in [0.4, 0.5) is 0 Å². The summed E-state index contributed by atoms with van der Waals surface area (Å²) in [5, 5.41) is 10.5. The van der Waals surface area contributed by atoms with Gasteiger partial charge in [-0.1, -0.05) is 5.57 Å². The number of hydrogen-bond acceptors (Lipinski definition) is 2. The Morgan fingerprint density at radius 3 is 2.64 bits per heavy atom. The van der Waals surface area contributed by atoms with E-state index in [4.69, 9.17) is 0 Å². The Labute approximate surface area is 66.3 Å². The minimum atomic E-state index is -0.399. The summed E-state index contributed by atoms with van der Waals surface area (Å²) in [5.41, 5.74) is 2.18. The van der Waals surface area contributed by atoms with Gasteiger partial charge in [0.1, 0.15) is 0 Å². The smallest absolute Gasteiger partial charge is 0.234 e. The summed E-state index contributed by atoms with van der Waals surface area (Å²) in [5.74, 6) is 0. The van der Waals surface area contributed by atoms with E-state index >= 15 is 0 Å². The van der Waals surface area contributed by atoms with Crippen molar-refractivity contribution in [2.45, 2.75) is 39.2 Å². The highest BCUT2D eigenvalue weighted by Crippen LogP contribution is 2.25. The molecule has 0 spiro atoms. The zero-order valence-electron chi connectivity index (χ0n) is 6.96. The number of nitro groups is 1. The topological polar surface area (TPSA) is 43.1 Å². The Balaban J connectivity index is 2.82. The molecule has 0 bridgehead atoms. The summed E-state index contributed by atoms with van der Waals surface area (Å²) in [4.78, 5) is 10.3. The van der Waals surface area contributed by atoms with Crippen molar-refractivity contribution in [1.29, 1.82) is 0 Å². The van der Waals surface area contributed by atoms with Crippen molar-refractivity contribution in [3.05, 3.63) is 21.3 Å². The van der Waals surface area contributed by atoms with Crippen LogP contribution < -0.4 is 0 Å². The Hall–Kier alpha value is -0.860. The molecule has 0 radical (unpaired) electrons. The van der Waals surface area contributed by atoms with Crippen LogP contribution in [0, 0.1) is 10.1 Å². The van der Waals surface area contributed by atoms with Crippen molar-refractivity contribution in [2.24, 2.45) is 0 Å². The van der Waals surface area contributed by atoms with Crippen LogP contribution in [0.15, 0.2) is 11.1 Å². The van der Waals surface area contributed by atoms with Crippen molar-refractivity contribution in [3.8, 4) is 0 Å². The van der Waals surface area contributed by atoms with E-state index in [1.54, 1.807) is 0 Å². The Bertz CT molecular complexity index is 208. The Morgan fingerprint density at radius 1 is 1.55 bits per heavy atom. The van der Waals surface area contributed by atoms with Gasteiger partial charge in [0.15, 0.2) is 0 Å². The first-order valence-electron chi connectivity index (χ1n) is 3.92. The molecule has 3 nitrogen and oxygen atoms in total. The van der Waals surface area contributed by atoms with Crippen LogP contribution in [-0.2, 0) is 0 Å². The van der Waals surface area contributed by atoms with E-state index < -0.39 is 6.04 Å². The van der Waals surface area contributed by atoms with E-state index in [2.05, 4.69) is 0 Å². The zero-order chi connectivity index (χ0) is 8.43. The highest BCUT2D eigenvalue weighted by atomic mass is 16.6. The molecule has 0 heterocycles. The first kappa shape index (κ1) is 8.24. The largest absolute Gasteiger partial charge is 0.264 e. The average Bonchev–Trinajstić information content (AvgIpc) is 1.94. The minimum Gasteiger partial charge on any atom is -0.264 e. The van der Waals surface area contributed by atoms with E-state index in [-0.39, 0.29) is 4.92 Å². The summed E-state index contributed by atoms with van der Waals surface area (Å²) >= 11 is 0. The minimum absolute atomic E-state index is 0.169. The van der Waals surface area contributed by atoms with Crippen LogP contribution in [0.2, 0.25) is 0 Å². The maximum absolute atomic E-state index is 10.5. The molecule has 1 atom stereocenters. The standard InChI is InChI=1S/C8H13NO2/c1-6-4-3-5-8(7(6)2)9(10)11/h8H,3-5H2,1-2H3. The van der Waals surface area contributed by atoms with Crippen LogP contribution in [0.5, 0.6) is 0 Å². The quantitative estimate of drug-likeness (QED) is 0.331. The molecule has 0 amide bonds. The van der Waals surface area contributed by atoms with Crippen LogP contribution in [-0.4, -0.2) is 11.0 Å². The second-order valence-electron chi connectivity index (χ2n) is 3.16. The molecule has 0 aromatic carbocycles. The predicted octanol–water partition coefficient (Wildman–Crippen LogP) is 2.15. The maximum atomic E-state index is 10.5. The summed E-state index contributed by atoms with van der Waals surface area (Å²) in [6.45, 7) is 3.87. The van der Waals surface area contributed by atoms with Gasteiger partial charge in [-0.15, -0.1) is 0 Å². The molecule has 11 heavy (non-hydrogen) atoms. The van der Waals surface area contributed by atoms with Gasteiger partial charge in [-0.25, -0.2) is 0 Å². The molecular weight excluding hydrogens is 142 g/mol. The van der Waals surface area contributed by atoms with Crippen LogP contribution in [0.1, 0.15) is 33.1 Å². The lowest BCUT2D eigenvalue weighted by molar-refractivity contribution is -0.513. The third kappa shape index (κ3) is 1.59. The Kier molecular flexibility index (Phi) is 2.27. The number of rotatable bonds is 1. The highest BCUT2D eigenvalue weighted by molar-refractivity contribution is 5.16. The van der Waals surface area contributed by atoms with Gasteiger partial charge in [-0.2, -0.15) is 0 Å². The van der Waals surface area contributed by atoms with Gasteiger partial charge in [0, 0.05) is 11.3 Å². The van der Waals surface area contributed by atoms with Gasteiger partial charge in [0.05, 0.1) is 0 Å². The highest BCUT2D eigenvalue weighted by Gasteiger charge is 2.26. The van der Waals surface area contributed by atoms with Gasteiger partial charge in [0.25, 0.3) is 0 Å². The fourth-order valence-electron chi connectivity index (χ4n) is 1.52. The number of nitrogens with zero attached hydrogens (tertiary/aromatic N) is 1. The molecule has 1 rings (SSSR count). The lowest BCUT2D eigenvalue weighted by Gasteiger charge is -2.18. The summed E-state index contributed by atoms with van der Waals surface area (Å²) < 4.78 is 0. The van der Waals surface area contributed by atoms with Crippen LogP contribution in [0.25, 0.3) is 0 Å². The van der Waals surface area contributed by atoms with Gasteiger partial charge in [0.2, 0.25) is 6.04 Å². The van der Waals surface area contributed by atoms with Crippen LogP contribution in [0.3, 0.4) is 0 Å². The van der Waals surface area contributed by atoms with Crippen molar-refractivity contribution < 1.29 is 4.92 Å². The molecular formula is C8H13NO2. The molecule has 0 fully saturated rings. The molecule has 0 saturated heterocycles. The second-order valence-corrected chi connectivity index (χ2v) is 3.16. The van der Waals surface area contributed by atoms with E-state index in [1.807, 2.05) is 13.8 Å². The fraction of sp³-hybridized carbons (Fsp3) is 0.750. The van der Waals surface area contributed by atoms with Crippen molar-refractivity contribution >= 4 is 0 Å². The van der Waals surface area contributed by atoms with E-state index in [0.717, 1.165) is 24.8 Å². The SMILES string of the molecule is CC1=C(C)C([N+](=O)[O-])CCC1. The zero-order valence-corrected chi connectivity index (χ0v) is 6.96. The number of hydrogen-bond donors (Lipinski definition) is 0. The van der Waals surface area contributed by atoms with E-state index in [1.165, 1.54) is 5.57 Å². The molecule has 3 heteroatoms. The van der Waals surface area contributed by atoms with Crippen LogP contribution >= 0.6 is 0 Å². The maximum Gasteiger partial charge on any atom is 0.234 e. The molecule has 0 saturated carbocycles. The fourth-order valence-corrected chi connectivity index (χ4v) is 1.52. The molecule has 0 aromatic rings.